The second-order valence-corrected chi connectivity index (χ2v) is 12.0. The topological polar surface area (TPSA) is 48.0 Å². The van der Waals surface area contributed by atoms with Crippen molar-refractivity contribution >= 4 is 5.97 Å². The Morgan fingerprint density at radius 3 is 2.29 bits per heavy atom. The number of fused-ring (bicyclic) bond motifs is 2. The molecular weight excluding hydrogens is 558 g/mol. The van der Waals surface area contributed by atoms with Crippen molar-refractivity contribution in [1.82, 2.24) is 4.90 Å². The lowest BCUT2D eigenvalue weighted by Crippen LogP contribution is -2.30. The number of ether oxygens (including phenoxy) is 3. The molecule has 4 aromatic rings. The fourth-order valence-corrected chi connectivity index (χ4v) is 6.36. The summed E-state index contributed by atoms with van der Waals surface area (Å²) in [6, 6.07) is 33.0. The molecule has 0 bridgehead atoms. The first-order chi connectivity index (χ1) is 21.9. The molecule has 0 aromatic heterocycles. The van der Waals surface area contributed by atoms with Gasteiger partial charge in [0.15, 0.2) is 6.10 Å². The summed E-state index contributed by atoms with van der Waals surface area (Å²) in [5.41, 5.74) is 10.8. The van der Waals surface area contributed by atoms with Gasteiger partial charge >= 0.3 is 5.97 Å². The van der Waals surface area contributed by atoms with E-state index in [1.54, 1.807) is 0 Å². The molecule has 0 N–H and O–H groups in total. The van der Waals surface area contributed by atoms with Crippen LogP contribution in [0.5, 0.6) is 5.75 Å². The van der Waals surface area contributed by atoms with Crippen molar-refractivity contribution in [3.8, 4) is 5.75 Å². The number of esters is 1. The molecule has 0 amide bonds. The molecule has 2 atom stereocenters. The molecule has 4 aromatic carbocycles. The number of likely N-dealkylation sites (N-methyl/N-ethyl adjacent to an activating group) is 1. The Morgan fingerprint density at radius 2 is 1.53 bits per heavy atom. The zero-order chi connectivity index (χ0) is 31.6. The number of hydrogen-bond acceptors (Lipinski definition) is 5. The number of hydrogen-bond donors (Lipinski definition) is 0. The van der Waals surface area contributed by atoms with Crippen LogP contribution in [0.25, 0.3) is 0 Å². The quantitative estimate of drug-likeness (QED) is 0.139. The van der Waals surface area contributed by atoms with E-state index in [4.69, 9.17) is 14.2 Å². The SMILES string of the molecule is CCOC(=O)C(Cc1ccc(OCCN(C)C2c3ccc(CCc4ccccc4)cc3CCc3ccc(C)cc32)cc1)OCC. The van der Waals surface area contributed by atoms with Crippen LogP contribution in [0.15, 0.2) is 91.0 Å². The van der Waals surface area contributed by atoms with Crippen LogP contribution < -0.4 is 4.74 Å². The highest BCUT2D eigenvalue weighted by Gasteiger charge is 2.27. The third-order valence-corrected chi connectivity index (χ3v) is 8.72. The lowest BCUT2D eigenvalue weighted by molar-refractivity contribution is -0.156. The molecule has 0 aliphatic heterocycles. The van der Waals surface area contributed by atoms with Gasteiger partial charge in [0.1, 0.15) is 12.4 Å². The summed E-state index contributed by atoms with van der Waals surface area (Å²) in [4.78, 5) is 14.7. The molecule has 1 aliphatic carbocycles. The van der Waals surface area contributed by atoms with E-state index < -0.39 is 6.10 Å². The van der Waals surface area contributed by atoms with Gasteiger partial charge in [0.05, 0.1) is 12.6 Å². The predicted molar refractivity (Wildman–Crippen MR) is 181 cm³/mol. The van der Waals surface area contributed by atoms with Crippen molar-refractivity contribution in [3.05, 3.63) is 136 Å². The molecule has 45 heavy (non-hydrogen) atoms. The summed E-state index contributed by atoms with van der Waals surface area (Å²) >= 11 is 0. The van der Waals surface area contributed by atoms with E-state index in [1.165, 1.54) is 38.9 Å². The van der Waals surface area contributed by atoms with Gasteiger partial charge in [-0.2, -0.15) is 0 Å². The molecule has 0 saturated carbocycles. The first kappa shape index (κ1) is 32.5. The van der Waals surface area contributed by atoms with Crippen LogP contribution in [-0.4, -0.2) is 50.4 Å². The van der Waals surface area contributed by atoms with Crippen LogP contribution in [0, 0.1) is 6.92 Å². The fourth-order valence-electron chi connectivity index (χ4n) is 6.36. The second-order valence-electron chi connectivity index (χ2n) is 12.0. The Kier molecular flexibility index (Phi) is 11.5. The summed E-state index contributed by atoms with van der Waals surface area (Å²) in [5.74, 6) is 0.500. The highest BCUT2D eigenvalue weighted by molar-refractivity contribution is 5.75. The average molecular weight is 606 g/mol. The number of aryl methyl sites for hydroxylation is 5. The van der Waals surface area contributed by atoms with Crippen LogP contribution in [0.1, 0.15) is 64.4 Å². The molecule has 0 heterocycles. The first-order valence-electron chi connectivity index (χ1n) is 16.4. The van der Waals surface area contributed by atoms with Gasteiger partial charge in [0, 0.05) is 19.6 Å². The summed E-state index contributed by atoms with van der Waals surface area (Å²) in [7, 11) is 2.21. The number of rotatable bonds is 14. The number of carbonyl (C=O) groups excluding carboxylic acids is 1. The zero-order valence-corrected chi connectivity index (χ0v) is 27.3. The maximum Gasteiger partial charge on any atom is 0.335 e. The monoisotopic (exact) mass is 605 g/mol. The fraction of sp³-hybridized carbons (Fsp3) is 0.375. The Bertz CT molecular complexity index is 1530. The molecule has 0 radical (unpaired) electrons. The van der Waals surface area contributed by atoms with Crippen molar-refractivity contribution in [2.75, 3.05) is 33.4 Å². The summed E-state index contributed by atoms with van der Waals surface area (Å²) in [5, 5.41) is 0. The van der Waals surface area contributed by atoms with E-state index in [9.17, 15) is 4.79 Å². The molecule has 0 fully saturated rings. The van der Waals surface area contributed by atoms with Gasteiger partial charge in [-0.1, -0.05) is 84.4 Å². The Labute approximate surface area is 269 Å². The van der Waals surface area contributed by atoms with Crippen LogP contribution >= 0.6 is 0 Å². The van der Waals surface area contributed by atoms with E-state index in [0.29, 0.717) is 26.2 Å². The lowest BCUT2D eigenvalue weighted by atomic mass is 9.91. The van der Waals surface area contributed by atoms with E-state index in [1.807, 2.05) is 38.1 Å². The molecule has 5 nitrogen and oxygen atoms in total. The van der Waals surface area contributed by atoms with Gasteiger partial charge in [0.25, 0.3) is 0 Å². The third-order valence-electron chi connectivity index (χ3n) is 8.72. The third kappa shape index (κ3) is 8.62. The minimum absolute atomic E-state index is 0.171. The van der Waals surface area contributed by atoms with Gasteiger partial charge in [-0.05, 0) is 105 Å². The smallest absolute Gasteiger partial charge is 0.335 e. The molecule has 5 rings (SSSR count). The van der Waals surface area contributed by atoms with Crippen molar-refractivity contribution in [3.63, 3.8) is 0 Å². The predicted octanol–water partition coefficient (Wildman–Crippen LogP) is 7.49. The van der Waals surface area contributed by atoms with E-state index in [-0.39, 0.29) is 12.0 Å². The minimum Gasteiger partial charge on any atom is -0.492 e. The molecule has 0 saturated heterocycles. The minimum atomic E-state index is -0.593. The van der Waals surface area contributed by atoms with Crippen LogP contribution in [0.3, 0.4) is 0 Å². The average Bonchev–Trinajstić information content (AvgIpc) is 3.21. The number of benzene rings is 4. The van der Waals surface area contributed by atoms with E-state index in [0.717, 1.165) is 43.5 Å². The van der Waals surface area contributed by atoms with E-state index in [2.05, 4.69) is 85.6 Å². The Balaban J connectivity index is 1.26. The standard InChI is InChI=1S/C40H47NO4/c1-5-43-38(40(42)44-6-2)28-32-15-21-35(22-16-32)45-25-24-41(4)39-36-23-17-31(14-13-30-10-8-7-9-11-30)27-34(36)20-19-33-18-12-29(3)26-37(33)39/h7-12,15-18,21-23,26-27,38-39H,5-6,13-14,19-20,24-25,28H2,1-4H3. The Morgan fingerprint density at radius 1 is 0.800 bits per heavy atom. The zero-order valence-electron chi connectivity index (χ0n) is 27.3. The van der Waals surface area contributed by atoms with Crippen molar-refractivity contribution in [2.45, 2.75) is 65.0 Å². The van der Waals surface area contributed by atoms with Gasteiger partial charge in [0.2, 0.25) is 0 Å². The summed E-state index contributed by atoms with van der Waals surface area (Å²) in [6.07, 6.45) is 4.09. The molecule has 5 heteroatoms. The molecule has 0 spiro atoms. The largest absolute Gasteiger partial charge is 0.492 e. The van der Waals surface area contributed by atoms with Gasteiger partial charge in [-0.25, -0.2) is 4.79 Å². The Hall–Kier alpha value is -3.93. The van der Waals surface area contributed by atoms with Crippen molar-refractivity contribution < 1.29 is 19.0 Å². The van der Waals surface area contributed by atoms with Crippen LogP contribution in [0.4, 0.5) is 0 Å². The van der Waals surface area contributed by atoms with Crippen molar-refractivity contribution in [1.29, 1.82) is 0 Å². The van der Waals surface area contributed by atoms with Crippen LogP contribution in [-0.2, 0) is 46.4 Å². The summed E-state index contributed by atoms with van der Waals surface area (Å²) in [6.45, 7) is 8.04. The number of carbonyl (C=O) groups is 1. The molecule has 236 valence electrons. The van der Waals surface area contributed by atoms with Crippen LogP contribution in [0.2, 0.25) is 0 Å². The molecular formula is C40H47NO4. The summed E-state index contributed by atoms with van der Waals surface area (Å²) < 4.78 is 17.0. The van der Waals surface area contributed by atoms with Gasteiger partial charge < -0.3 is 14.2 Å². The first-order valence-corrected chi connectivity index (χ1v) is 16.4. The van der Waals surface area contributed by atoms with Gasteiger partial charge in [-0.3, -0.25) is 4.90 Å². The van der Waals surface area contributed by atoms with E-state index >= 15 is 0 Å². The second kappa shape index (κ2) is 15.9. The molecule has 2 unspecified atom stereocenters. The lowest BCUT2D eigenvalue weighted by Gasteiger charge is -2.31. The normalized spacial score (nSPS) is 14.7. The maximum absolute atomic E-state index is 12.3. The highest BCUT2D eigenvalue weighted by Crippen LogP contribution is 2.37. The van der Waals surface area contributed by atoms with Gasteiger partial charge in [-0.15, -0.1) is 0 Å². The highest BCUT2D eigenvalue weighted by atomic mass is 16.6. The number of nitrogens with zero attached hydrogens (tertiary/aromatic N) is 1. The maximum atomic E-state index is 12.3. The molecule has 1 aliphatic rings. The van der Waals surface area contributed by atoms with Crippen molar-refractivity contribution in [2.24, 2.45) is 0 Å².